The van der Waals surface area contributed by atoms with E-state index in [4.69, 9.17) is 16.3 Å². The molecule has 3 N–H and O–H groups in total. The van der Waals surface area contributed by atoms with E-state index in [9.17, 15) is 19.5 Å². The van der Waals surface area contributed by atoms with Gasteiger partial charge in [-0.3, -0.25) is 9.59 Å². The van der Waals surface area contributed by atoms with E-state index < -0.39 is 17.8 Å². The first-order valence-electron chi connectivity index (χ1n) is 11.3. The van der Waals surface area contributed by atoms with Gasteiger partial charge in [-0.2, -0.15) is 0 Å². The summed E-state index contributed by atoms with van der Waals surface area (Å²) in [5, 5.41) is 15.9. The van der Waals surface area contributed by atoms with Gasteiger partial charge in [0.05, 0.1) is 17.7 Å². The molecule has 3 aromatic carbocycles. The van der Waals surface area contributed by atoms with Gasteiger partial charge in [-0.15, -0.1) is 0 Å². The predicted octanol–water partition coefficient (Wildman–Crippen LogP) is 4.41. The van der Waals surface area contributed by atoms with Crippen LogP contribution in [0.2, 0.25) is 5.02 Å². The fourth-order valence-corrected chi connectivity index (χ4v) is 4.04. The van der Waals surface area contributed by atoms with Crippen molar-refractivity contribution < 1.29 is 24.2 Å². The topological polar surface area (TPSA) is 110 Å². The van der Waals surface area contributed by atoms with Crippen LogP contribution in [0.3, 0.4) is 0 Å². The Morgan fingerprint density at radius 3 is 2.57 bits per heavy atom. The zero-order chi connectivity index (χ0) is 26.5. The molecule has 1 heterocycles. The number of esters is 1. The lowest BCUT2D eigenvalue weighted by molar-refractivity contribution is -0.136. The van der Waals surface area contributed by atoms with Gasteiger partial charge in [0.25, 0.3) is 11.8 Å². The Balaban J connectivity index is 1.50. The third-order valence-electron chi connectivity index (χ3n) is 5.72. The average Bonchev–Trinajstić information content (AvgIpc) is 3.26. The highest BCUT2D eigenvalue weighted by Crippen LogP contribution is 2.21. The summed E-state index contributed by atoms with van der Waals surface area (Å²) in [5.74, 6) is -1.65. The van der Waals surface area contributed by atoms with E-state index in [0.29, 0.717) is 5.56 Å². The van der Waals surface area contributed by atoms with Crippen molar-refractivity contribution in [1.29, 1.82) is 0 Å². The maximum absolute atomic E-state index is 13.0. The number of nitrogens with one attached hydrogen (secondary N) is 2. The van der Waals surface area contributed by atoms with Gasteiger partial charge in [-0.05, 0) is 65.1 Å². The van der Waals surface area contributed by atoms with E-state index in [1.807, 2.05) is 42.1 Å². The lowest BCUT2D eigenvalue weighted by Gasteiger charge is -2.11. The van der Waals surface area contributed by atoms with Crippen molar-refractivity contribution in [2.24, 2.45) is 7.05 Å². The summed E-state index contributed by atoms with van der Waals surface area (Å²) in [6.07, 6.45) is 3.45. The van der Waals surface area contributed by atoms with Gasteiger partial charge in [0.2, 0.25) is 0 Å². The average molecular weight is 518 g/mol. The van der Waals surface area contributed by atoms with Crippen molar-refractivity contribution in [3.8, 4) is 5.75 Å². The van der Waals surface area contributed by atoms with Gasteiger partial charge in [0.1, 0.15) is 11.4 Å². The van der Waals surface area contributed by atoms with Crippen molar-refractivity contribution in [1.82, 2.24) is 15.2 Å². The maximum Gasteiger partial charge on any atom is 0.354 e. The molecule has 0 fully saturated rings. The number of carbonyl (C=O) groups is 3. The van der Waals surface area contributed by atoms with Crippen molar-refractivity contribution in [2.75, 3.05) is 7.11 Å². The minimum Gasteiger partial charge on any atom is -0.508 e. The van der Waals surface area contributed by atoms with Crippen LogP contribution in [-0.2, 0) is 23.1 Å². The largest absolute Gasteiger partial charge is 0.508 e. The number of aromatic hydroxyl groups is 1. The molecule has 0 spiro atoms. The molecule has 37 heavy (non-hydrogen) atoms. The minimum atomic E-state index is -0.723. The maximum atomic E-state index is 13.0. The Hall–Kier alpha value is -4.56. The molecule has 0 aliphatic rings. The second-order valence-corrected chi connectivity index (χ2v) is 8.70. The van der Waals surface area contributed by atoms with Crippen LogP contribution in [0.4, 0.5) is 0 Å². The summed E-state index contributed by atoms with van der Waals surface area (Å²) < 4.78 is 6.79. The highest BCUT2D eigenvalue weighted by atomic mass is 35.5. The number of amides is 2. The molecule has 0 unspecified atom stereocenters. The minimum absolute atomic E-state index is 0.0388. The molecule has 4 rings (SSSR count). The lowest BCUT2D eigenvalue weighted by atomic mass is 10.1. The normalized spacial score (nSPS) is 11.3. The number of benzene rings is 3. The quantitative estimate of drug-likeness (QED) is 0.248. The van der Waals surface area contributed by atoms with E-state index >= 15 is 0 Å². The molecule has 2 amide bonds. The second-order valence-electron chi connectivity index (χ2n) is 8.30. The van der Waals surface area contributed by atoms with Crippen molar-refractivity contribution in [3.63, 3.8) is 0 Å². The number of fused-ring (bicyclic) bond motifs is 1. The Bertz CT molecular complexity index is 1540. The van der Waals surface area contributed by atoms with Gasteiger partial charge in [0.15, 0.2) is 0 Å². The Labute approximate surface area is 218 Å². The predicted molar refractivity (Wildman–Crippen MR) is 141 cm³/mol. The molecular weight excluding hydrogens is 494 g/mol. The monoisotopic (exact) mass is 517 g/mol. The van der Waals surface area contributed by atoms with Crippen LogP contribution in [0.25, 0.3) is 17.0 Å². The van der Waals surface area contributed by atoms with Crippen LogP contribution in [-0.4, -0.2) is 34.6 Å². The smallest absolute Gasteiger partial charge is 0.354 e. The number of phenolic OH excluding ortho intramolecular Hbond substituents is 1. The zero-order valence-electron chi connectivity index (χ0n) is 20.1. The zero-order valence-corrected chi connectivity index (χ0v) is 20.9. The summed E-state index contributed by atoms with van der Waals surface area (Å²) in [6, 6.07) is 18.4. The van der Waals surface area contributed by atoms with Crippen LogP contribution < -0.4 is 10.6 Å². The number of hydrogen-bond donors (Lipinski definition) is 3. The molecular formula is C28H24ClN3O5. The Kier molecular flexibility index (Phi) is 7.60. The fraction of sp³-hybridized carbons (Fsp3) is 0.107. The van der Waals surface area contributed by atoms with Crippen LogP contribution in [0, 0.1) is 0 Å². The second kappa shape index (κ2) is 11.0. The Morgan fingerprint density at radius 2 is 1.84 bits per heavy atom. The molecule has 0 bridgehead atoms. The third kappa shape index (κ3) is 5.99. The molecule has 0 atom stereocenters. The number of phenols is 1. The number of aromatic nitrogens is 1. The number of carbonyl (C=O) groups excluding carboxylic acids is 3. The molecule has 9 heteroatoms. The van der Waals surface area contributed by atoms with Crippen LogP contribution in [0.5, 0.6) is 5.75 Å². The van der Waals surface area contributed by atoms with Crippen LogP contribution in [0.15, 0.2) is 78.6 Å². The summed E-state index contributed by atoms with van der Waals surface area (Å²) in [5.41, 5.74) is 2.65. The highest BCUT2D eigenvalue weighted by molar-refractivity contribution is 6.34. The van der Waals surface area contributed by atoms with Crippen molar-refractivity contribution in [2.45, 2.75) is 6.54 Å². The van der Waals surface area contributed by atoms with Gasteiger partial charge in [0, 0.05) is 30.9 Å². The number of rotatable bonds is 7. The fourth-order valence-electron chi connectivity index (χ4n) is 3.77. The van der Waals surface area contributed by atoms with Gasteiger partial charge >= 0.3 is 5.97 Å². The van der Waals surface area contributed by atoms with E-state index in [1.54, 1.807) is 18.2 Å². The standard InChI is InChI=1S/C28H24ClN3O5/c1-32-11-10-19-7-6-17(14-25(19)32)13-24(28(36)37-2)31-27(35)22-9-8-20(15-23(22)29)26(34)30-16-18-4-3-5-21(33)12-18/h3-15,33H,16H2,1-2H3,(H,30,34)(H,31,35)/b24-13-. The van der Waals surface area contributed by atoms with Crippen molar-refractivity contribution in [3.05, 3.63) is 106 Å². The van der Waals surface area contributed by atoms with Gasteiger partial charge in [-0.1, -0.05) is 35.9 Å². The van der Waals surface area contributed by atoms with E-state index in [0.717, 1.165) is 16.5 Å². The summed E-state index contributed by atoms with van der Waals surface area (Å²) >= 11 is 6.32. The number of methoxy groups -OCH3 is 1. The van der Waals surface area contributed by atoms with Crippen LogP contribution >= 0.6 is 11.6 Å². The molecule has 0 saturated heterocycles. The number of hydrogen-bond acceptors (Lipinski definition) is 5. The first kappa shape index (κ1) is 25.5. The summed E-state index contributed by atoms with van der Waals surface area (Å²) in [7, 11) is 3.14. The molecule has 0 aliphatic heterocycles. The molecule has 4 aromatic rings. The first-order valence-corrected chi connectivity index (χ1v) is 11.6. The summed E-state index contributed by atoms with van der Waals surface area (Å²) in [6.45, 7) is 0.203. The number of halogens is 1. The molecule has 0 radical (unpaired) electrons. The molecule has 1 aromatic heterocycles. The molecule has 0 saturated carbocycles. The van der Waals surface area contributed by atoms with E-state index in [-0.39, 0.29) is 34.1 Å². The van der Waals surface area contributed by atoms with Gasteiger partial charge < -0.3 is 25.0 Å². The van der Waals surface area contributed by atoms with Crippen LogP contribution in [0.1, 0.15) is 31.8 Å². The highest BCUT2D eigenvalue weighted by Gasteiger charge is 2.19. The molecule has 8 nitrogen and oxygen atoms in total. The Morgan fingerprint density at radius 1 is 1.03 bits per heavy atom. The first-order chi connectivity index (χ1) is 17.7. The molecule has 0 aliphatic carbocycles. The van der Waals surface area contributed by atoms with Crippen molar-refractivity contribution >= 4 is 46.4 Å². The van der Waals surface area contributed by atoms with E-state index in [2.05, 4.69) is 10.6 Å². The summed E-state index contributed by atoms with van der Waals surface area (Å²) in [4.78, 5) is 37.9. The van der Waals surface area contributed by atoms with Gasteiger partial charge in [-0.25, -0.2) is 4.79 Å². The lowest BCUT2D eigenvalue weighted by Crippen LogP contribution is -2.28. The third-order valence-corrected chi connectivity index (χ3v) is 6.03. The number of ether oxygens (including phenoxy) is 1. The number of nitrogens with zero attached hydrogens (tertiary/aromatic N) is 1. The van der Waals surface area contributed by atoms with E-state index in [1.165, 1.54) is 37.5 Å². The number of aryl methyl sites for hydroxylation is 1. The SMILES string of the molecule is COC(=O)/C(=C/c1ccc2ccn(C)c2c1)NC(=O)c1ccc(C(=O)NCc2cccc(O)c2)cc1Cl. The molecule has 188 valence electrons.